The first-order chi connectivity index (χ1) is 4.61. The normalized spacial score (nSPS) is 10.3. The first-order valence-electron chi connectivity index (χ1n) is 2.61. The summed E-state index contributed by atoms with van der Waals surface area (Å²) in [6.07, 6.45) is 0. The van der Waals surface area contributed by atoms with Crippen molar-refractivity contribution in [3.8, 4) is 0 Å². The molecule has 5 heteroatoms. The van der Waals surface area contributed by atoms with Gasteiger partial charge in [-0.05, 0) is 12.1 Å². The molecule has 0 saturated heterocycles. The molecule has 0 N–H and O–H groups in total. The van der Waals surface area contributed by atoms with Crippen LogP contribution in [0.3, 0.4) is 0 Å². The van der Waals surface area contributed by atoms with Crippen LogP contribution >= 0.6 is 0 Å². The quantitative estimate of drug-likeness (QED) is 0.294. The third-order valence-electron chi connectivity index (χ3n) is 1.03. The zero-order chi connectivity index (χ0) is 7.61. The molecule has 1 aromatic carbocycles. The average molecular weight is 196 g/mol. The minimum absolute atomic E-state index is 0. The van der Waals surface area contributed by atoms with Gasteiger partial charge in [-0.3, -0.25) is 0 Å². The molecule has 0 bridgehead atoms. The molecule has 54 valence electrons. The van der Waals surface area contributed by atoms with Crippen molar-refractivity contribution in [3.05, 3.63) is 30.3 Å². The summed E-state index contributed by atoms with van der Waals surface area (Å²) in [4.78, 5) is 0.185. The summed E-state index contributed by atoms with van der Waals surface area (Å²) in [6.45, 7) is 0. The Morgan fingerprint density at radius 3 is 1.82 bits per heavy atom. The molecule has 0 atom stereocenters. The maximum absolute atomic E-state index is 10.6. The van der Waals surface area contributed by atoms with E-state index in [1.165, 1.54) is 12.1 Å². The van der Waals surface area contributed by atoms with Crippen LogP contribution in [0, 0.1) is 0 Å². The summed E-state index contributed by atoms with van der Waals surface area (Å²) < 4.78 is 21.3. The molecule has 0 aliphatic carbocycles. The van der Waals surface area contributed by atoms with Gasteiger partial charge < -0.3 is 11.7 Å². The Bertz CT molecular complexity index is 307. The SMILES string of the molecule is O=S(=O)([S-])c1ccccc1.[Na+]. The van der Waals surface area contributed by atoms with Crippen molar-refractivity contribution in [3.63, 3.8) is 0 Å². The zero-order valence-corrected chi connectivity index (χ0v) is 9.65. The summed E-state index contributed by atoms with van der Waals surface area (Å²) in [6, 6.07) is 7.97. The van der Waals surface area contributed by atoms with Crippen LogP contribution in [0.4, 0.5) is 0 Å². The van der Waals surface area contributed by atoms with Crippen LogP contribution in [0.25, 0.3) is 0 Å². The second-order valence-electron chi connectivity index (χ2n) is 1.77. The van der Waals surface area contributed by atoms with E-state index in [1.807, 2.05) is 0 Å². The van der Waals surface area contributed by atoms with E-state index in [-0.39, 0.29) is 34.5 Å². The van der Waals surface area contributed by atoms with Crippen molar-refractivity contribution in [2.75, 3.05) is 0 Å². The first-order valence-corrected chi connectivity index (χ1v) is 5.02. The molecule has 2 nitrogen and oxygen atoms in total. The molecule has 0 fully saturated rings. The van der Waals surface area contributed by atoms with Crippen LogP contribution in [-0.4, -0.2) is 8.42 Å². The van der Waals surface area contributed by atoms with Gasteiger partial charge in [0.15, 0.2) is 0 Å². The molecular weight excluding hydrogens is 191 g/mol. The van der Waals surface area contributed by atoms with E-state index in [2.05, 4.69) is 11.7 Å². The molecule has 11 heavy (non-hydrogen) atoms. The van der Waals surface area contributed by atoms with E-state index in [9.17, 15) is 8.42 Å². The molecule has 1 aromatic rings. The number of benzene rings is 1. The molecule has 0 unspecified atom stereocenters. The van der Waals surface area contributed by atoms with Crippen molar-refractivity contribution >= 4 is 20.5 Å². The van der Waals surface area contributed by atoms with Gasteiger partial charge in [-0.15, -0.1) is 0 Å². The molecule has 0 aliphatic heterocycles. The van der Waals surface area contributed by atoms with Gasteiger partial charge in [0.1, 0.15) is 0 Å². The van der Waals surface area contributed by atoms with Gasteiger partial charge in [-0.2, -0.15) is 0 Å². The number of rotatable bonds is 1. The number of hydrogen-bond acceptors (Lipinski definition) is 3. The van der Waals surface area contributed by atoms with Crippen molar-refractivity contribution < 1.29 is 38.0 Å². The van der Waals surface area contributed by atoms with Crippen molar-refractivity contribution in [2.24, 2.45) is 0 Å². The maximum atomic E-state index is 10.6. The van der Waals surface area contributed by atoms with Crippen molar-refractivity contribution in [1.82, 2.24) is 0 Å². The van der Waals surface area contributed by atoms with E-state index in [0.717, 1.165) is 0 Å². The van der Waals surface area contributed by atoms with Crippen LogP contribution in [0.2, 0.25) is 0 Å². The summed E-state index contributed by atoms with van der Waals surface area (Å²) in [5, 5.41) is 0. The molecule has 0 spiro atoms. The van der Waals surface area contributed by atoms with Crippen molar-refractivity contribution in [1.29, 1.82) is 0 Å². The smallest absolute Gasteiger partial charge is 0.644 e. The molecular formula is C6H5NaO2S2. The monoisotopic (exact) mass is 196 g/mol. The molecule has 1 rings (SSSR count). The minimum Gasteiger partial charge on any atom is -0.644 e. The summed E-state index contributed by atoms with van der Waals surface area (Å²) in [5.41, 5.74) is 0. The molecule has 0 saturated carbocycles. The largest absolute Gasteiger partial charge is 1.00 e. The first kappa shape index (κ1) is 11.5. The van der Waals surface area contributed by atoms with E-state index in [4.69, 9.17) is 0 Å². The fraction of sp³-hybridized carbons (Fsp3) is 0. The molecule has 0 amide bonds. The fourth-order valence-electron chi connectivity index (χ4n) is 0.587. The second-order valence-corrected chi connectivity index (χ2v) is 4.46. The Morgan fingerprint density at radius 2 is 1.55 bits per heavy atom. The Kier molecular flexibility index (Phi) is 4.74. The average Bonchev–Trinajstić information content (AvgIpc) is 1.88. The predicted molar refractivity (Wildman–Crippen MR) is 41.0 cm³/mol. The van der Waals surface area contributed by atoms with Gasteiger partial charge in [-0.25, -0.2) is 8.42 Å². The Labute approximate surface area is 93.0 Å². The van der Waals surface area contributed by atoms with Crippen LogP contribution in [0.1, 0.15) is 0 Å². The summed E-state index contributed by atoms with van der Waals surface area (Å²) in [7, 11) is -3.42. The van der Waals surface area contributed by atoms with Gasteiger partial charge in [-0.1, -0.05) is 18.2 Å². The van der Waals surface area contributed by atoms with Gasteiger partial charge in [0, 0.05) is 4.90 Å². The zero-order valence-electron chi connectivity index (χ0n) is 6.02. The summed E-state index contributed by atoms with van der Waals surface area (Å²) in [5.74, 6) is 0. The third-order valence-corrected chi connectivity index (χ3v) is 2.46. The molecule has 0 aromatic heterocycles. The van der Waals surface area contributed by atoms with E-state index >= 15 is 0 Å². The number of hydrogen-bond donors (Lipinski definition) is 0. The third kappa shape index (κ3) is 3.62. The Balaban J connectivity index is 0.000001000. The van der Waals surface area contributed by atoms with Crippen LogP contribution < -0.4 is 29.6 Å². The maximum Gasteiger partial charge on any atom is 1.00 e. The predicted octanol–water partition coefficient (Wildman–Crippen LogP) is -2.07. The fourth-order valence-corrected chi connectivity index (χ4v) is 1.41. The van der Waals surface area contributed by atoms with Gasteiger partial charge in [0.2, 0.25) is 0 Å². The van der Waals surface area contributed by atoms with E-state index in [0.29, 0.717) is 0 Å². The van der Waals surface area contributed by atoms with Crippen LogP contribution in [0.15, 0.2) is 35.2 Å². The van der Waals surface area contributed by atoms with E-state index in [1.54, 1.807) is 18.2 Å². The molecule has 0 aliphatic rings. The Morgan fingerprint density at radius 1 is 1.09 bits per heavy atom. The van der Waals surface area contributed by atoms with Crippen molar-refractivity contribution in [2.45, 2.75) is 4.90 Å². The summed E-state index contributed by atoms with van der Waals surface area (Å²) >= 11 is 4.22. The van der Waals surface area contributed by atoms with Crippen LogP contribution in [0.5, 0.6) is 0 Å². The van der Waals surface area contributed by atoms with Crippen LogP contribution in [-0.2, 0) is 20.5 Å². The van der Waals surface area contributed by atoms with Gasteiger partial charge >= 0.3 is 29.6 Å². The topological polar surface area (TPSA) is 34.1 Å². The molecule has 0 radical (unpaired) electrons. The molecule has 0 heterocycles. The van der Waals surface area contributed by atoms with E-state index < -0.39 is 8.87 Å². The van der Waals surface area contributed by atoms with Gasteiger partial charge in [0.05, 0.1) is 8.87 Å². The van der Waals surface area contributed by atoms with Gasteiger partial charge in [0.25, 0.3) is 0 Å². The Hall–Kier alpha value is 0.520. The standard InChI is InChI=1S/C6H6O2S2.Na/c7-10(8,9)6-4-2-1-3-5-6;/h1-5H,(H,7,8,9);/q;+1/p-1. The second kappa shape index (κ2) is 4.52. The minimum atomic E-state index is -3.42.